The molecule has 0 bridgehead atoms. The van der Waals surface area contributed by atoms with E-state index >= 15 is 0 Å². The quantitative estimate of drug-likeness (QED) is 0.676. The van der Waals surface area contributed by atoms with E-state index < -0.39 is 15.8 Å². The largest absolute Gasteiger partial charge is 0.247 e. The lowest BCUT2D eigenvalue weighted by Gasteiger charge is -2.16. The first-order valence-corrected chi connectivity index (χ1v) is 10.3. The summed E-state index contributed by atoms with van der Waals surface area (Å²) >= 11 is 0. The Kier molecular flexibility index (Phi) is 4.75. The molecule has 140 valence electrons. The van der Waals surface area contributed by atoms with Crippen LogP contribution in [0.2, 0.25) is 0 Å². The monoisotopic (exact) mass is 386 g/mol. The van der Waals surface area contributed by atoms with E-state index in [-0.39, 0.29) is 17.4 Å². The van der Waals surface area contributed by atoms with Gasteiger partial charge in [-0.05, 0) is 12.5 Å². The molecular formula is C19H19FN4O2S. The maximum atomic E-state index is 13.8. The third-order valence-electron chi connectivity index (χ3n) is 4.77. The molecule has 0 unspecified atom stereocenters. The molecule has 0 N–H and O–H groups in total. The molecule has 0 radical (unpaired) electrons. The molecular weight excluding hydrogens is 367 g/mol. The van der Waals surface area contributed by atoms with Crippen LogP contribution < -0.4 is 0 Å². The van der Waals surface area contributed by atoms with Crippen LogP contribution in [0, 0.1) is 5.82 Å². The minimum atomic E-state index is -3.59. The van der Waals surface area contributed by atoms with Crippen LogP contribution in [0.15, 0.2) is 60.8 Å². The van der Waals surface area contributed by atoms with Gasteiger partial charge in [-0.25, -0.2) is 17.5 Å². The maximum absolute atomic E-state index is 13.8. The van der Waals surface area contributed by atoms with E-state index in [1.165, 1.54) is 16.4 Å². The predicted molar refractivity (Wildman–Crippen MR) is 99.7 cm³/mol. The molecule has 1 fully saturated rings. The summed E-state index contributed by atoms with van der Waals surface area (Å²) in [4.78, 5) is 0. The Bertz CT molecular complexity index is 1040. The summed E-state index contributed by atoms with van der Waals surface area (Å²) < 4.78 is 42.3. The fraction of sp³-hybridized carbons (Fsp3) is 0.263. The molecule has 1 saturated heterocycles. The van der Waals surface area contributed by atoms with E-state index in [2.05, 4.69) is 10.3 Å². The molecule has 27 heavy (non-hydrogen) atoms. The fourth-order valence-corrected chi connectivity index (χ4v) is 4.87. The number of halogens is 1. The van der Waals surface area contributed by atoms with Crippen LogP contribution >= 0.6 is 0 Å². The van der Waals surface area contributed by atoms with Gasteiger partial charge in [-0.15, -0.1) is 5.10 Å². The van der Waals surface area contributed by atoms with Crippen LogP contribution in [0.5, 0.6) is 0 Å². The van der Waals surface area contributed by atoms with Crippen molar-refractivity contribution in [2.45, 2.75) is 18.2 Å². The van der Waals surface area contributed by atoms with Crippen LogP contribution in [0.25, 0.3) is 11.3 Å². The lowest BCUT2D eigenvalue weighted by Crippen LogP contribution is -2.30. The Balaban J connectivity index is 1.47. The average molecular weight is 386 g/mol. The molecule has 1 aromatic heterocycles. The van der Waals surface area contributed by atoms with Gasteiger partial charge in [-0.2, -0.15) is 4.31 Å². The van der Waals surface area contributed by atoms with Crippen LogP contribution in [0.4, 0.5) is 4.39 Å². The summed E-state index contributed by atoms with van der Waals surface area (Å²) in [6, 6.07) is 15.6. The van der Waals surface area contributed by atoms with Gasteiger partial charge in [-0.1, -0.05) is 53.7 Å². The molecule has 6 nitrogen and oxygen atoms in total. The van der Waals surface area contributed by atoms with Gasteiger partial charge in [0.2, 0.25) is 10.0 Å². The van der Waals surface area contributed by atoms with Crippen LogP contribution in [0.3, 0.4) is 0 Å². The summed E-state index contributed by atoms with van der Waals surface area (Å²) in [5.74, 6) is -0.834. The number of benzene rings is 2. The molecule has 1 aliphatic rings. The second-order valence-electron chi connectivity index (χ2n) is 6.60. The van der Waals surface area contributed by atoms with E-state index in [0.717, 1.165) is 11.3 Å². The van der Waals surface area contributed by atoms with Crippen LogP contribution in [0.1, 0.15) is 18.0 Å². The smallest absolute Gasteiger partial charge is 0.218 e. The lowest BCUT2D eigenvalue weighted by molar-refractivity contribution is 0.427. The molecule has 2 heterocycles. The first-order valence-electron chi connectivity index (χ1n) is 8.71. The number of sulfonamides is 1. The van der Waals surface area contributed by atoms with Crippen molar-refractivity contribution >= 4 is 10.0 Å². The Morgan fingerprint density at radius 3 is 2.59 bits per heavy atom. The molecule has 1 atom stereocenters. The van der Waals surface area contributed by atoms with Crippen LogP contribution in [-0.4, -0.2) is 40.8 Å². The topological polar surface area (TPSA) is 68.1 Å². The highest BCUT2D eigenvalue weighted by Gasteiger charge is 2.33. The molecule has 8 heteroatoms. The van der Waals surface area contributed by atoms with Crippen molar-refractivity contribution < 1.29 is 12.8 Å². The van der Waals surface area contributed by atoms with Crippen molar-refractivity contribution in [3.05, 3.63) is 72.2 Å². The van der Waals surface area contributed by atoms with E-state index in [1.54, 1.807) is 16.8 Å². The zero-order valence-corrected chi connectivity index (χ0v) is 15.4. The first kappa shape index (κ1) is 17.8. The third-order valence-corrected chi connectivity index (χ3v) is 6.56. The van der Waals surface area contributed by atoms with Crippen molar-refractivity contribution in [3.8, 4) is 11.3 Å². The van der Waals surface area contributed by atoms with Crippen LogP contribution in [-0.2, 0) is 15.8 Å². The van der Waals surface area contributed by atoms with Gasteiger partial charge in [0, 0.05) is 24.2 Å². The van der Waals surface area contributed by atoms with Gasteiger partial charge in [0.05, 0.1) is 18.0 Å². The molecule has 4 rings (SSSR count). The van der Waals surface area contributed by atoms with Gasteiger partial charge in [0.25, 0.3) is 0 Å². The second kappa shape index (κ2) is 7.21. The average Bonchev–Trinajstić information content (AvgIpc) is 3.34. The summed E-state index contributed by atoms with van der Waals surface area (Å²) in [7, 11) is -3.59. The Hall–Kier alpha value is -2.58. The zero-order chi connectivity index (χ0) is 18.9. The van der Waals surface area contributed by atoms with Crippen molar-refractivity contribution in [1.29, 1.82) is 0 Å². The van der Waals surface area contributed by atoms with Crippen molar-refractivity contribution in [2.75, 3.05) is 13.1 Å². The highest BCUT2D eigenvalue weighted by molar-refractivity contribution is 7.88. The van der Waals surface area contributed by atoms with E-state index in [0.29, 0.717) is 19.5 Å². The third kappa shape index (κ3) is 3.77. The first-order chi connectivity index (χ1) is 13.0. The molecule has 2 aromatic carbocycles. The van der Waals surface area contributed by atoms with Crippen molar-refractivity contribution in [1.82, 2.24) is 19.3 Å². The summed E-state index contributed by atoms with van der Waals surface area (Å²) in [6.45, 7) is 0.705. The maximum Gasteiger partial charge on any atom is 0.218 e. The SMILES string of the molecule is O=S(=O)(Cc1ccccc1F)N1CC[C@@H](n2cc(-c3ccccc3)nn2)C1. The Labute approximate surface area is 157 Å². The molecule has 0 amide bonds. The van der Waals surface area contributed by atoms with E-state index in [1.807, 2.05) is 36.5 Å². The molecule has 0 aliphatic carbocycles. The summed E-state index contributed by atoms with van der Waals surface area (Å²) in [5, 5.41) is 8.37. The van der Waals surface area contributed by atoms with Gasteiger partial charge in [0.15, 0.2) is 0 Å². The van der Waals surface area contributed by atoms with Gasteiger partial charge in [-0.3, -0.25) is 0 Å². The number of hydrogen-bond donors (Lipinski definition) is 0. The lowest BCUT2D eigenvalue weighted by atomic mass is 10.2. The second-order valence-corrected chi connectivity index (χ2v) is 8.57. The molecule has 0 saturated carbocycles. The number of rotatable bonds is 5. The minimum absolute atomic E-state index is 0.0784. The van der Waals surface area contributed by atoms with Gasteiger partial charge >= 0.3 is 0 Å². The molecule has 1 aliphatic heterocycles. The van der Waals surface area contributed by atoms with E-state index in [9.17, 15) is 12.8 Å². The number of hydrogen-bond acceptors (Lipinski definition) is 4. The summed E-state index contributed by atoms with van der Waals surface area (Å²) in [5.41, 5.74) is 1.90. The standard InChI is InChI=1S/C19H19FN4O2S/c20-18-9-5-4-8-16(18)14-27(25,26)23-11-10-17(12-23)24-13-19(21-22-24)15-6-2-1-3-7-15/h1-9,13,17H,10-12,14H2/t17-/m1/s1. The molecule has 3 aromatic rings. The minimum Gasteiger partial charge on any atom is -0.247 e. The fourth-order valence-electron chi connectivity index (χ4n) is 3.28. The Morgan fingerprint density at radius 1 is 1.07 bits per heavy atom. The Morgan fingerprint density at radius 2 is 1.81 bits per heavy atom. The van der Waals surface area contributed by atoms with Crippen molar-refractivity contribution in [3.63, 3.8) is 0 Å². The predicted octanol–water partition coefficient (Wildman–Crippen LogP) is 2.86. The molecule has 0 spiro atoms. The van der Waals surface area contributed by atoms with Crippen molar-refractivity contribution in [2.24, 2.45) is 0 Å². The van der Waals surface area contributed by atoms with E-state index in [4.69, 9.17) is 0 Å². The normalized spacial score (nSPS) is 18.0. The zero-order valence-electron chi connectivity index (χ0n) is 14.6. The van der Waals surface area contributed by atoms with Gasteiger partial charge in [0.1, 0.15) is 11.5 Å². The highest BCUT2D eigenvalue weighted by Crippen LogP contribution is 2.26. The van der Waals surface area contributed by atoms with Gasteiger partial charge < -0.3 is 0 Å². The highest BCUT2D eigenvalue weighted by atomic mass is 32.2. The number of aromatic nitrogens is 3. The number of nitrogens with zero attached hydrogens (tertiary/aromatic N) is 4. The summed E-state index contributed by atoms with van der Waals surface area (Å²) in [6.07, 6.45) is 2.49.